The average molecular weight is 854 g/mol. The Morgan fingerprint density at radius 2 is 1.69 bits per heavy atom. The molecule has 3 heterocycles. The van der Waals surface area contributed by atoms with Gasteiger partial charge in [0.1, 0.15) is 47.2 Å². The van der Waals surface area contributed by atoms with Crippen LogP contribution in [0.15, 0.2) is 78.9 Å². The fourth-order valence-corrected chi connectivity index (χ4v) is 9.61. The maximum atomic E-state index is 15.1. The van der Waals surface area contributed by atoms with Gasteiger partial charge in [0.2, 0.25) is 11.8 Å². The molecule has 15 heteroatoms. The van der Waals surface area contributed by atoms with Gasteiger partial charge in [0.25, 0.3) is 0 Å². The van der Waals surface area contributed by atoms with Crippen LogP contribution in [0.25, 0.3) is 6.08 Å². The third-order valence-electron chi connectivity index (χ3n) is 12.4. The van der Waals surface area contributed by atoms with Crippen LogP contribution in [-0.2, 0) is 68.8 Å². The molecule has 9 atom stereocenters. The van der Waals surface area contributed by atoms with E-state index in [1.54, 1.807) is 32.9 Å². The number of nitrogens with zero attached hydrogens (tertiary/aromatic N) is 1. The van der Waals surface area contributed by atoms with Gasteiger partial charge in [0.05, 0.1) is 25.3 Å². The van der Waals surface area contributed by atoms with Gasteiger partial charge < -0.3 is 44.9 Å². The molecule has 62 heavy (non-hydrogen) atoms. The van der Waals surface area contributed by atoms with Crippen LogP contribution in [0.3, 0.4) is 0 Å². The summed E-state index contributed by atoms with van der Waals surface area (Å²) in [5.41, 5.74) is 2.18. The second-order valence-electron chi connectivity index (χ2n) is 18.1. The van der Waals surface area contributed by atoms with Crippen molar-refractivity contribution in [1.29, 1.82) is 0 Å². The van der Waals surface area contributed by atoms with E-state index in [4.69, 9.17) is 23.8 Å². The Kier molecular flexibility index (Phi) is 12.1. The number of esters is 2. The number of carbonyl (C=O) groups excluding carboxylic acids is 4. The molecule has 330 valence electrons. The number of benzene rings is 3. The molecule has 1 spiro atoms. The number of carbonyl (C=O) groups is 4. The van der Waals surface area contributed by atoms with E-state index in [1.165, 1.54) is 12.0 Å². The molecule has 3 saturated heterocycles. The minimum atomic E-state index is -1.66. The molecule has 3 aliphatic heterocycles. The summed E-state index contributed by atoms with van der Waals surface area (Å²) in [6.45, 7) is 6.11. The molecule has 4 fully saturated rings. The van der Waals surface area contributed by atoms with Crippen LogP contribution < -0.4 is 10.6 Å². The number of amides is 2. The Bertz CT molecular complexity index is 2200. The Morgan fingerprint density at radius 3 is 2.39 bits per heavy atom. The number of phenols is 1. The fourth-order valence-electron chi connectivity index (χ4n) is 9.61. The molecule has 0 radical (unpaired) electrons. The highest BCUT2D eigenvalue weighted by Gasteiger charge is 2.76. The number of hydrogen-bond donors (Lipinski definition) is 5. The number of rotatable bonds is 14. The zero-order chi connectivity index (χ0) is 44.0. The Balaban J connectivity index is 1.06. The maximum Gasteiger partial charge on any atom is 0.327 e. The largest absolute Gasteiger partial charge is 0.508 e. The summed E-state index contributed by atoms with van der Waals surface area (Å²) in [4.78, 5) is 62.4. The number of aromatic hydroxyl groups is 1. The molecule has 0 unspecified atom stereocenters. The van der Waals surface area contributed by atoms with Crippen LogP contribution in [0.4, 0.5) is 0 Å². The average Bonchev–Trinajstić information content (AvgIpc) is 3.89. The van der Waals surface area contributed by atoms with Crippen LogP contribution in [0.2, 0.25) is 0 Å². The van der Waals surface area contributed by atoms with Crippen molar-refractivity contribution in [3.8, 4) is 5.75 Å². The van der Waals surface area contributed by atoms with Crippen LogP contribution in [-0.4, -0.2) is 111 Å². The van der Waals surface area contributed by atoms with E-state index in [1.807, 2.05) is 72.8 Å². The number of hydroxylamine groups is 2. The number of nitrogens with one attached hydrogen (secondary N) is 2. The minimum absolute atomic E-state index is 0.0115. The Hall–Kier alpha value is -5.16. The molecule has 3 aromatic rings. The third kappa shape index (κ3) is 8.61. The summed E-state index contributed by atoms with van der Waals surface area (Å²) in [6.07, 6.45) is 0.241. The molecule has 3 aromatic carbocycles. The zero-order valence-corrected chi connectivity index (χ0v) is 35.3. The van der Waals surface area contributed by atoms with Crippen molar-refractivity contribution >= 4 is 29.8 Å². The van der Waals surface area contributed by atoms with Crippen LogP contribution in [0.1, 0.15) is 74.8 Å². The molecular weight excluding hydrogens is 799 g/mol. The quantitative estimate of drug-likeness (QED) is 0.148. The molecule has 15 nitrogen and oxygen atoms in total. The van der Waals surface area contributed by atoms with E-state index >= 15 is 4.79 Å². The molecule has 0 aromatic heterocycles. The Labute approximate surface area is 360 Å². The van der Waals surface area contributed by atoms with Crippen molar-refractivity contribution in [2.24, 2.45) is 5.41 Å². The number of phenolic OH excluding ortho intramolecular Hbond substituents is 1. The van der Waals surface area contributed by atoms with Crippen molar-refractivity contribution < 1.29 is 58.3 Å². The van der Waals surface area contributed by atoms with Crippen LogP contribution in [0, 0.1) is 5.41 Å². The van der Waals surface area contributed by atoms with Gasteiger partial charge in [-0.3, -0.25) is 24.0 Å². The van der Waals surface area contributed by atoms with E-state index in [0.29, 0.717) is 19.3 Å². The van der Waals surface area contributed by atoms with Gasteiger partial charge in [0.15, 0.2) is 11.8 Å². The highest BCUT2D eigenvalue weighted by atomic mass is 16.8. The van der Waals surface area contributed by atoms with Gasteiger partial charge in [-0.05, 0) is 74.4 Å². The summed E-state index contributed by atoms with van der Waals surface area (Å²) in [5.74, 6) is -3.58. The number of para-hydroxylation sites is 1. The van der Waals surface area contributed by atoms with Gasteiger partial charge in [-0.15, -0.1) is 0 Å². The van der Waals surface area contributed by atoms with Gasteiger partial charge in [0, 0.05) is 25.7 Å². The van der Waals surface area contributed by atoms with Gasteiger partial charge >= 0.3 is 11.9 Å². The lowest BCUT2D eigenvalue weighted by molar-refractivity contribution is -0.217. The van der Waals surface area contributed by atoms with E-state index in [2.05, 4.69) is 10.6 Å². The van der Waals surface area contributed by atoms with Crippen molar-refractivity contribution in [3.63, 3.8) is 0 Å². The van der Waals surface area contributed by atoms with Gasteiger partial charge in [-0.25, -0.2) is 0 Å². The number of aliphatic hydroxyl groups is 2. The van der Waals surface area contributed by atoms with Gasteiger partial charge in [-0.1, -0.05) is 78.9 Å². The summed E-state index contributed by atoms with van der Waals surface area (Å²) in [6, 6.07) is 19.0. The van der Waals surface area contributed by atoms with E-state index in [-0.39, 0.29) is 31.6 Å². The SMILES string of the molecule is C[C@H](O)[C@@H](NC(=O)[C@@]12C[C@H]3OC(=O)[C@@H]1N(Cc1cccc(C=CCc4ccccc4O)c1)O[C@@H]2[C@H]1OC2(Cc4ccccc4C2)O[C@H]13)C(=O)N[C@H](CO)CCC(=O)OC(C)(C)C. The lowest BCUT2D eigenvalue weighted by Gasteiger charge is -2.49. The molecule has 8 rings (SSSR count). The number of hydrogen-bond acceptors (Lipinski definition) is 13. The lowest BCUT2D eigenvalue weighted by Crippen LogP contribution is -2.71. The van der Waals surface area contributed by atoms with E-state index < -0.39 is 95.8 Å². The molecule has 2 bridgehead atoms. The van der Waals surface area contributed by atoms with Crippen LogP contribution >= 0.6 is 0 Å². The summed E-state index contributed by atoms with van der Waals surface area (Å²) >= 11 is 0. The summed E-state index contributed by atoms with van der Waals surface area (Å²) in [7, 11) is 0. The Morgan fingerprint density at radius 1 is 0.984 bits per heavy atom. The maximum absolute atomic E-state index is 15.1. The van der Waals surface area contributed by atoms with Crippen molar-refractivity contribution in [1.82, 2.24) is 15.7 Å². The van der Waals surface area contributed by atoms with Crippen molar-refractivity contribution in [3.05, 3.63) is 107 Å². The highest BCUT2D eigenvalue weighted by Crippen LogP contribution is 2.58. The molecule has 5 aliphatic rings. The number of aliphatic hydroxyl groups excluding tert-OH is 2. The first-order valence-electron chi connectivity index (χ1n) is 21.3. The number of allylic oxidation sites excluding steroid dienone is 1. The van der Waals surface area contributed by atoms with Gasteiger partial charge in [-0.2, -0.15) is 5.06 Å². The normalized spacial score (nSPS) is 27.3. The van der Waals surface area contributed by atoms with Crippen molar-refractivity contribution in [2.75, 3.05) is 6.61 Å². The topological polar surface area (TPSA) is 202 Å². The second-order valence-corrected chi connectivity index (χ2v) is 18.1. The predicted molar refractivity (Wildman–Crippen MR) is 222 cm³/mol. The second kappa shape index (κ2) is 17.2. The minimum Gasteiger partial charge on any atom is -0.508 e. The summed E-state index contributed by atoms with van der Waals surface area (Å²) < 4.78 is 25.1. The molecule has 2 aliphatic carbocycles. The lowest BCUT2D eigenvalue weighted by atomic mass is 9.62. The highest BCUT2D eigenvalue weighted by molar-refractivity contribution is 5.96. The first-order chi connectivity index (χ1) is 29.6. The number of fused-ring (bicyclic) bond motifs is 5. The molecule has 2 amide bonds. The van der Waals surface area contributed by atoms with Crippen LogP contribution in [0.5, 0.6) is 5.75 Å². The van der Waals surface area contributed by atoms with Crippen molar-refractivity contribution in [2.45, 2.75) is 133 Å². The zero-order valence-electron chi connectivity index (χ0n) is 35.3. The van der Waals surface area contributed by atoms with E-state index in [0.717, 1.165) is 27.8 Å². The molecular formula is C47H55N3O12. The first-order valence-corrected chi connectivity index (χ1v) is 21.3. The summed E-state index contributed by atoms with van der Waals surface area (Å²) in [5, 5.41) is 38.2. The fraction of sp³-hybridized carbons (Fsp3) is 0.489. The number of ether oxygens (including phenoxy) is 4. The smallest absolute Gasteiger partial charge is 0.327 e. The third-order valence-corrected chi connectivity index (χ3v) is 12.4. The monoisotopic (exact) mass is 853 g/mol. The van der Waals surface area contributed by atoms with E-state index in [9.17, 15) is 29.7 Å². The molecule has 5 N–H and O–H groups in total. The predicted octanol–water partition coefficient (Wildman–Crippen LogP) is 3.19. The molecule has 1 saturated carbocycles. The standard InChI is InChI=1S/C47H55N3O12/c1-27(52)37(42(55)48-33(26-51)19-20-36(54)59-45(2,3)4)49-44(57)47-24-35-38-39(61-46(60-38)22-31-15-5-6-16-32(31)23-46)41(47)62-50(40(47)43(56)58-35)25-29-13-9-11-28(21-29)12-10-17-30-14-7-8-18-34(30)53/h5-16,18,21,27,33,35,37-41,51-53H,17,19-20,22-26H2,1-4H3,(H,48,55)(H,49,57)/t27-,33-,35+,37+,38-,39-,40-,41+,47-/m0/s1. The first kappa shape index (κ1) is 43.5.